The molecule has 6 nitrogen and oxygen atoms in total. The molecule has 0 bridgehead atoms. The summed E-state index contributed by atoms with van der Waals surface area (Å²) in [7, 11) is 4.13. The minimum atomic E-state index is -0.0617. The van der Waals surface area contributed by atoms with Gasteiger partial charge >= 0.3 is 0 Å². The predicted molar refractivity (Wildman–Crippen MR) is 134 cm³/mol. The summed E-state index contributed by atoms with van der Waals surface area (Å²) in [6.07, 6.45) is 9.94. The molecule has 2 heterocycles. The number of aromatic nitrogens is 3. The molecule has 1 aromatic carbocycles. The van der Waals surface area contributed by atoms with Crippen molar-refractivity contribution in [2.45, 2.75) is 65.5 Å². The number of hydrogen-bond acceptors (Lipinski definition) is 4. The maximum absolute atomic E-state index is 13.4. The summed E-state index contributed by atoms with van der Waals surface area (Å²) in [6.45, 7) is 6.47. The van der Waals surface area contributed by atoms with Crippen molar-refractivity contribution in [3.8, 4) is 11.1 Å². The number of carbonyl (C=O) groups is 1. The Hall–Kier alpha value is -3.15. The number of pyridine rings is 1. The number of nitrogens with one attached hydrogen (secondary N) is 1. The number of benzene rings is 1. The molecule has 1 aliphatic carbocycles. The van der Waals surface area contributed by atoms with E-state index in [1.54, 1.807) is 6.33 Å². The highest BCUT2D eigenvalue weighted by atomic mass is 16.1. The van der Waals surface area contributed by atoms with Crippen LogP contribution < -0.4 is 10.2 Å². The van der Waals surface area contributed by atoms with Crippen LogP contribution in [0.1, 0.15) is 65.1 Å². The molecule has 4 rings (SSSR count). The first-order valence-corrected chi connectivity index (χ1v) is 11.9. The van der Waals surface area contributed by atoms with Crippen LogP contribution in [-0.4, -0.2) is 33.5 Å². The first-order chi connectivity index (χ1) is 15.8. The summed E-state index contributed by atoms with van der Waals surface area (Å²) in [5.74, 6) is -0.0617. The normalized spacial score (nSPS) is 14.3. The van der Waals surface area contributed by atoms with Crippen molar-refractivity contribution in [2.75, 3.05) is 11.9 Å². The van der Waals surface area contributed by atoms with Gasteiger partial charge in [-0.3, -0.25) is 9.78 Å². The topological polar surface area (TPSA) is 63.1 Å². The van der Waals surface area contributed by atoms with E-state index in [1.807, 2.05) is 43.8 Å². The molecule has 6 heteroatoms. The van der Waals surface area contributed by atoms with Gasteiger partial charge in [0.15, 0.2) is 0 Å². The summed E-state index contributed by atoms with van der Waals surface area (Å²) in [4.78, 5) is 24.6. The van der Waals surface area contributed by atoms with Gasteiger partial charge in [0.2, 0.25) is 0 Å². The second-order valence-electron chi connectivity index (χ2n) is 9.33. The number of nitrogens with zero attached hydrogens (tertiary/aromatic N) is 4. The maximum atomic E-state index is 13.4. The zero-order valence-electron chi connectivity index (χ0n) is 20.5. The first kappa shape index (κ1) is 23.0. The SMILES string of the molecule is Cc1ccc(-c2cc(C(=O)NCc3c(C)ncn3C)c(C)c(N(C)C3CCCCC3)c2)cn1. The number of anilines is 1. The van der Waals surface area contributed by atoms with E-state index in [2.05, 4.69) is 46.3 Å². The van der Waals surface area contributed by atoms with E-state index in [0.717, 1.165) is 39.5 Å². The lowest BCUT2D eigenvalue weighted by Crippen LogP contribution is -2.34. The molecule has 0 atom stereocenters. The smallest absolute Gasteiger partial charge is 0.251 e. The van der Waals surface area contributed by atoms with Crippen LogP contribution >= 0.6 is 0 Å². The van der Waals surface area contributed by atoms with Crippen LogP contribution in [0.3, 0.4) is 0 Å². The zero-order chi connectivity index (χ0) is 23.5. The molecule has 1 fully saturated rings. The quantitative estimate of drug-likeness (QED) is 0.573. The van der Waals surface area contributed by atoms with E-state index in [4.69, 9.17) is 0 Å². The summed E-state index contributed by atoms with van der Waals surface area (Å²) >= 11 is 0. The molecular formula is C27H35N5O. The Morgan fingerprint density at radius 2 is 1.85 bits per heavy atom. The summed E-state index contributed by atoms with van der Waals surface area (Å²) in [6, 6.07) is 8.84. The van der Waals surface area contributed by atoms with Crippen LogP contribution in [0.5, 0.6) is 0 Å². The number of rotatable bonds is 6. The molecule has 1 saturated carbocycles. The predicted octanol–water partition coefficient (Wildman–Crippen LogP) is 5.11. The minimum Gasteiger partial charge on any atom is -0.371 e. The molecule has 0 spiro atoms. The van der Waals surface area contributed by atoms with Gasteiger partial charge in [0.25, 0.3) is 5.91 Å². The first-order valence-electron chi connectivity index (χ1n) is 11.9. The molecule has 174 valence electrons. The van der Waals surface area contributed by atoms with Crippen molar-refractivity contribution in [1.82, 2.24) is 19.9 Å². The number of imidazole rings is 1. The van der Waals surface area contributed by atoms with Gasteiger partial charge in [-0.2, -0.15) is 0 Å². The minimum absolute atomic E-state index is 0.0617. The number of hydrogen-bond donors (Lipinski definition) is 1. The van der Waals surface area contributed by atoms with Crippen LogP contribution in [0.25, 0.3) is 11.1 Å². The highest BCUT2D eigenvalue weighted by Crippen LogP contribution is 2.34. The Balaban J connectivity index is 1.70. The molecule has 33 heavy (non-hydrogen) atoms. The molecule has 0 radical (unpaired) electrons. The summed E-state index contributed by atoms with van der Waals surface area (Å²) in [5, 5.41) is 3.12. The molecule has 1 N–H and O–H groups in total. The third-order valence-corrected chi connectivity index (χ3v) is 7.06. The third kappa shape index (κ3) is 4.95. The van der Waals surface area contributed by atoms with Crippen molar-refractivity contribution < 1.29 is 4.79 Å². The van der Waals surface area contributed by atoms with Crippen molar-refractivity contribution in [1.29, 1.82) is 0 Å². The third-order valence-electron chi connectivity index (χ3n) is 7.06. The molecule has 1 amide bonds. The summed E-state index contributed by atoms with van der Waals surface area (Å²) < 4.78 is 1.96. The molecule has 0 unspecified atom stereocenters. The second-order valence-corrected chi connectivity index (χ2v) is 9.33. The van der Waals surface area contributed by atoms with Gasteiger partial charge in [-0.25, -0.2) is 4.98 Å². The van der Waals surface area contributed by atoms with Gasteiger partial charge in [0.05, 0.1) is 24.3 Å². The van der Waals surface area contributed by atoms with Crippen molar-refractivity contribution >= 4 is 11.6 Å². The largest absolute Gasteiger partial charge is 0.371 e. The van der Waals surface area contributed by atoms with Gasteiger partial charge in [-0.05, 0) is 62.9 Å². The van der Waals surface area contributed by atoms with E-state index < -0.39 is 0 Å². The fourth-order valence-electron chi connectivity index (χ4n) is 4.86. The lowest BCUT2D eigenvalue weighted by Gasteiger charge is -2.34. The average molecular weight is 446 g/mol. The molecule has 0 aliphatic heterocycles. The van der Waals surface area contributed by atoms with Crippen molar-refractivity contribution in [3.05, 3.63) is 65.0 Å². The van der Waals surface area contributed by atoms with Gasteiger partial charge in [-0.15, -0.1) is 0 Å². The van der Waals surface area contributed by atoms with Crippen molar-refractivity contribution in [3.63, 3.8) is 0 Å². The summed E-state index contributed by atoms with van der Waals surface area (Å²) in [5.41, 5.74) is 7.84. The fraction of sp³-hybridized carbons (Fsp3) is 0.444. The Morgan fingerprint density at radius 1 is 1.09 bits per heavy atom. The number of aryl methyl sites for hydroxylation is 3. The van der Waals surface area contributed by atoms with Crippen LogP contribution in [0.4, 0.5) is 5.69 Å². The molecule has 1 aliphatic rings. The van der Waals surface area contributed by atoms with E-state index in [-0.39, 0.29) is 5.91 Å². The molecule has 3 aromatic rings. The van der Waals surface area contributed by atoms with E-state index in [0.29, 0.717) is 18.2 Å². The van der Waals surface area contributed by atoms with E-state index >= 15 is 0 Å². The average Bonchev–Trinajstić information content (AvgIpc) is 3.15. The lowest BCUT2D eigenvalue weighted by molar-refractivity contribution is 0.0949. The second kappa shape index (κ2) is 9.77. The zero-order valence-corrected chi connectivity index (χ0v) is 20.5. The van der Waals surface area contributed by atoms with Crippen LogP contribution in [0.15, 0.2) is 36.8 Å². The van der Waals surface area contributed by atoms with Gasteiger partial charge in [0, 0.05) is 48.8 Å². The highest BCUT2D eigenvalue weighted by molar-refractivity contribution is 5.98. The van der Waals surface area contributed by atoms with Crippen LogP contribution in [0.2, 0.25) is 0 Å². The fourth-order valence-corrected chi connectivity index (χ4v) is 4.86. The van der Waals surface area contributed by atoms with E-state index in [9.17, 15) is 4.79 Å². The standard InChI is InChI=1S/C27H35N5O/c1-18-11-12-21(15-28-18)22-13-24(27(33)29-16-26-20(3)30-17-31(26)4)19(2)25(14-22)32(5)23-9-7-6-8-10-23/h11-15,17,23H,6-10,16H2,1-5H3,(H,29,33). The maximum Gasteiger partial charge on any atom is 0.251 e. The van der Waals surface area contributed by atoms with Gasteiger partial charge in [-0.1, -0.05) is 25.3 Å². The van der Waals surface area contributed by atoms with Crippen LogP contribution in [-0.2, 0) is 13.6 Å². The Labute approximate surface area is 197 Å². The van der Waals surface area contributed by atoms with Gasteiger partial charge < -0.3 is 14.8 Å². The Bertz CT molecular complexity index is 1110. The van der Waals surface area contributed by atoms with E-state index in [1.165, 1.54) is 32.1 Å². The Kier molecular flexibility index (Phi) is 6.82. The van der Waals surface area contributed by atoms with Gasteiger partial charge in [0.1, 0.15) is 0 Å². The lowest BCUT2D eigenvalue weighted by atomic mass is 9.92. The molecule has 0 saturated heterocycles. The van der Waals surface area contributed by atoms with Crippen LogP contribution in [0, 0.1) is 20.8 Å². The number of amides is 1. The Morgan fingerprint density at radius 3 is 2.48 bits per heavy atom. The molecular weight excluding hydrogens is 410 g/mol. The number of carbonyl (C=O) groups excluding carboxylic acids is 1. The van der Waals surface area contributed by atoms with Crippen molar-refractivity contribution in [2.24, 2.45) is 7.05 Å². The molecule has 2 aromatic heterocycles. The monoisotopic (exact) mass is 445 g/mol. The highest BCUT2D eigenvalue weighted by Gasteiger charge is 2.23.